The van der Waals surface area contributed by atoms with Gasteiger partial charge in [-0.3, -0.25) is 0 Å². The number of rotatable bonds is 4. The summed E-state index contributed by atoms with van der Waals surface area (Å²) in [6.45, 7) is 5.12. The van der Waals surface area contributed by atoms with Gasteiger partial charge in [-0.2, -0.15) is 4.98 Å². The smallest absolute Gasteiger partial charge is 0.296 e. The van der Waals surface area contributed by atoms with Crippen LogP contribution in [0.5, 0.6) is 6.01 Å². The second kappa shape index (κ2) is 8.31. The van der Waals surface area contributed by atoms with Gasteiger partial charge in [0.1, 0.15) is 18.3 Å². The van der Waals surface area contributed by atoms with Gasteiger partial charge in [-0.05, 0) is 44.1 Å². The molecule has 7 rings (SSSR count). The molecule has 0 saturated carbocycles. The van der Waals surface area contributed by atoms with Crippen LogP contribution in [0.3, 0.4) is 0 Å². The molecule has 4 saturated heterocycles. The Labute approximate surface area is 207 Å². The van der Waals surface area contributed by atoms with Gasteiger partial charge in [0.05, 0.1) is 29.4 Å². The molecule has 4 aliphatic heterocycles. The van der Waals surface area contributed by atoms with E-state index in [1.54, 1.807) is 0 Å². The number of imidazole rings is 1. The standard InChI is InChI=1S/C25H28ClN5O4/c26-16-9-17-23(30-24(28-17)35-19-11-34-21-18(32)10-33-22(19)21)29-20(16)14-1-3-15(4-2-14)31-12-25(13-31)5-7-27-8-6-25/h1-4,9,18-19,21-22,27,32H,5-8,10-13H2,(H,28,29,30). The van der Waals surface area contributed by atoms with Gasteiger partial charge in [0.15, 0.2) is 11.8 Å². The van der Waals surface area contributed by atoms with Gasteiger partial charge in [0.2, 0.25) is 0 Å². The van der Waals surface area contributed by atoms with E-state index in [1.807, 2.05) is 6.07 Å². The molecular weight excluding hydrogens is 470 g/mol. The number of nitrogens with one attached hydrogen (secondary N) is 2. The van der Waals surface area contributed by atoms with Crippen LogP contribution in [0.1, 0.15) is 12.8 Å². The minimum atomic E-state index is -0.620. The number of aliphatic hydroxyl groups is 1. The molecule has 4 aliphatic rings. The number of halogens is 1. The van der Waals surface area contributed by atoms with Crippen molar-refractivity contribution in [3.63, 3.8) is 0 Å². The van der Waals surface area contributed by atoms with Crippen LogP contribution in [0.15, 0.2) is 30.3 Å². The molecule has 0 bridgehead atoms. The van der Waals surface area contributed by atoms with Crippen LogP contribution in [0.25, 0.3) is 22.4 Å². The molecule has 3 aromatic rings. The molecule has 4 fully saturated rings. The fourth-order valence-corrected chi connectivity index (χ4v) is 6.15. The highest BCUT2D eigenvalue weighted by atomic mass is 35.5. The van der Waals surface area contributed by atoms with E-state index in [1.165, 1.54) is 18.5 Å². The van der Waals surface area contributed by atoms with Crippen LogP contribution < -0.4 is 15.0 Å². The Morgan fingerprint density at radius 1 is 1.06 bits per heavy atom. The van der Waals surface area contributed by atoms with Crippen LogP contribution in [0.4, 0.5) is 5.69 Å². The first-order chi connectivity index (χ1) is 17.1. The summed E-state index contributed by atoms with van der Waals surface area (Å²) in [5.41, 5.74) is 4.59. The Morgan fingerprint density at radius 3 is 2.63 bits per heavy atom. The van der Waals surface area contributed by atoms with Crippen molar-refractivity contribution < 1.29 is 19.3 Å². The van der Waals surface area contributed by atoms with Crippen LogP contribution in [-0.2, 0) is 9.47 Å². The first kappa shape index (κ1) is 21.8. The Morgan fingerprint density at radius 2 is 1.83 bits per heavy atom. The number of piperidine rings is 1. The summed E-state index contributed by atoms with van der Waals surface area (Å²) in [6, 6.07) is 10.6. The lowest BCUT2D eigenvalue weighted by molar-refractivity contribution is 0.00706. The summed E-state index contributed by atoms with van der Waals surface area (Å²) >= 11 is 6.61. The Balaban J connectivity index is 1.07. The highest BCUT2D eigenvalue weighted by molar-refractivity contribution is 6.33. The van der Waals surface area contributed by atoms with Gasteiger partial charge in [0, 0.05) is 29.8 Å². The van der Waals surface area contributed by atoms with Crippen LogP contribution in [-0.4, -0.2) is 83.9 Å². The number of hydrogen-bond acceptors (Lipinski definition) is 8. The number of nitrogens with zero attached hydrogens (tertiary/aromatic N) is 3. The van der Waals surface area contributed by atoms with Gasteiger partial charge in [-0.25, -0.2) is 4.98 Å². The van der Waals surface area contributed by atoms with E-state index < -0.39 is 6.10 Å². The lowest BCUT2D eigenvalue weighted by Gasteiger charge is -2.53. The number of H-pyrrole nitrogens is 1. The van der Waals surface area contributed by atoms with Gasteiger partial charge in [-0.15, -0.1) is 0 Å². The largest absolute Gasteiger partial charge is 0.456 e. The molecule has 3 N–H and O–H groups in total. The fraction of sp³-hybridized carbons (Fsp3) is 0.520. The highest BCUT2D eigenvalue weighted by Crippen LogP contribution is 2.41. The molecular formula is C25H28ClN5O4. The van der Waals surface area contributed by atoms with E-state index in [2.05, 4.69) is 44.5 Å². The minimum absolute atomic E-state index is 0.255. The molecule has 35 heavy (non-hydrogen) atoms. The molecule has 184 valence electrons. The van der Waals surface area contributed by atoms with E-state index >= 15 is 0 Å². The Hall–Kier alpha value is -2.43. The second-order valence-corrected chi connectivity index (χ2v) is 10.6. The maximum absolute atomic E-state index is 9.93. The predicted molar refractivity (Wildman–Crippen MR) is 131 cm³/mol. The average Bonchev–Trinajstić information content (AvgIpc) is 3.54. The highest BCUT2D eigenvalue weighted by Gasteiger charge is 2.48. The van der Waals surface area contributed by atoms with Crippen molar-refractivity contribution in [1.29, 1.82) is 0 Å². The Kier molecular flexibility index (Phi) is 5.18. The van der Waals surface area contributed by atoms with Crippen molar-refractivity contribution >= 4 is 28.5 Å². The number of aliphatic hydroxyl groups excluding tert-OH is 1. The lowest BCUT2D eigenvalue weighted by atomic mass is 9.72. The fourth-order valence-electron chi connectivity index (χ4n) is 5.89. The quantitative estimate of drug-likeness (QED) is 0.504. The number of ether oxygens (including phenoxy) is 3. The van der Waals surface area contributed by atoms with E-state index in [0.717, 1.165) is 31.7 Å². The first-order valence-electron chi connectivity index (χ1n) is 12.3. The van der Waals surface area contributed by atoms with Crippen molar-refractivity contribution in [3.05, 3.63) is 35.4 Å². The zero-order chi connectivity index (χ0) is 23.6. The molecule has 0 amide bonds. The molecule has 2 aromatic heterocycles. The molecule has 0 radical (unpaired) electrons. The first-order valence-corrected chi connectivity index (χ1v) is 12.7. The monoisotopic (exact) mass is 497 g/mol. The number of benzene rings is 1. The van der Waals surface area contributed by atoms with E-state index in [9.17, 15) is 5.11 Å². The summed E-state index contributed by atoms with van der Waals surface area (Å²) in [4.78, 5) is 14.8. The molecule has 9 nitrogen and oxygen atoms in total. The molecule has 4 atom stereocenters. The minimum Gasteiger partial charge on any atom is -0.456 e. The van der Waals surface area contributed by atoms with Crippen molar-refractivity contribution in [2.45, 2.75) is 37.3 Å². The van der Waals surface area contributed by atoms with Crippen molar-refractivity contribution in [3.8, 4) is 17.3 Å². The molecule has 1 aromatic carbocycles. The summed E-state index contributed by atoms with van der Waals surface area (Å²) < 4.78 is 17.3. The second-order valence-electron chi connectivity index (χ2n) is 10.2. The average molecular weight is 498 g/mol. The summed E-state index contributed by atoms with van der Waals surface area (Å²) in [5, 5.41) is 13.9. The lowest BCUT2D eigenvalue weighted by Crippen LogP contribution is -2.60. The number of anilines is 1. The van der Waals surface area contributed by atoms with Crippen LogP contribution >= 0.6 is 11.6 Å². The maximum atomic E-state index is 9.93. The number of hydrogen-bond donors (Lipinski definition) is 3. The zero-order valence-electron chi connectivity index (χ0n) is 19.2. The molecule has 1 spiro atoms. The SMILES string of the molecule is OC1COC2C(Oc3nc4nc(-c5ccc(N6CC7(CCNCC7)C6)cc5)c(Cl)cc4[nH]3)COC12. The summed E-state index contributed by atoms with van der Waals surface area (Å²) in [7, 11) is 0. The zero-order valence-corrected chi connectivity index (χ0v) is 20.0. The van der Waals surface area contributed by atoms with Crippen molar-refractivity contribution in [1.82, 2.24) is 20.3 Å². The molecule has 6 heterocycles. The normalized spacial score (nSPS) is 29.5. The van der Waals surface area contributed by atoms with E-state index in [4.69, 9.17) is 30.8 Å². The number of fused-ring (bicyclic) bond motifs is 2. The van der Waals surface area contributed by atoms with Gasteiger partial charge in [0.25, 0.3) is 6.01 Å². The van der Waals surface area contributed by atoms with Crippen LogP contribution in [0, 0.1) is 5.41 Å². The van der Waals surface area contributed by atoms with Crippen LogP contribution in [0.2, 0.25) is 5.02 Å². The van der Waals surface area contributed by atoms with Crippen molar-refractivity contribution in [2.24, 2.45) is 5.41 Å². The maximum Gasteiger partial charge on any atom is 0.296 e. The predicted octanol–water partition coefficient (Wildman–Crippen LogP) is 2.37. The van der Waals surface area contributed by atoms with E-state index in [-0.39, 0.29) is 24.9 Å². The third-order valence-corrected chi connectivity index (χ3v) is 8.16. The van der Waals surface area contributed by atoms with Gasteiger partial charge < -0.3 is 34.5 Å². The summed E-state index contributed by atoms with van der Waals surface area (Å²) in [5.74, 6) is 0. The third-order valence-electron chi connectivity index (χ3n) is 7.87. The van der Waals surface area contributed by atoms with E-state index in [0.29, 0.717) is 39.9 Å². The third kappa shape index (κ3) is 3.77. The number of aromatic amines is 1. The number of aromatic nitrogens is 3. The topological polar surface area (TPSA) is 105 Å². The molecule has 10 heteroatoms. The van der Waals surface area contributed by atoms with Gasteiger partial charge in [-0.1, -0.05) is 23.7 Å². The number of pyridine rings is 1. The summed E-state index contributed by atoms with van der Waals surface area (Å²) in [6.07, 6.45) is 0.907. The molecule has 4 unspecified atom stereocenters. The van der Waals surface area contributed by atoms with Crippen molar-refractivity contribution in [2.75, 3.05) is 44.3 Å². The Bertz CT molecular complexity index is 1240. The molecule has 0 aliphatic carbocycles. The van der Waals surface area contributed by atoms with Gasteiger partial charge >= 0.3 is 0 Å².